The van der Waals surface area contributed by atoms with Gasteiger partial charge in [0.2, 0.25) is 5.91 Å². The normalized spacial score (nSPS) is 17.2. The summed E-state index contributed by atoms with van der Waals surface area (Å²) < 4.78 is 0. The van der Waals surface area contributed by atoms with Crippen LogP contribution in [0.4, 0.5) is 11.4 Å². The Morgan fingerprint density at radius 3 is 2.26 bits per heavy atom. The van der Waals surface area contributed by atoms with Crippen LogP contribution in [-0.4, -0.2) is 18.4 Å². The van der Waals surface area contributed by atoms with E-state index in [0.717, 1.165) is 17.8 Å². The standard InChI is InChI=1S/C27H36N2O2/c1-3-5-6-7-8-10-13-22-20-25(22)26(30)28-23-18-16-21(17-19-23)27(31)29(4-2)24-14-11-9-12-15-24/h9,11-12,14-19,22,25H,3-8,10,13,20H2,1-2H3,(H,28,30). The molecule has 0 bridgehead atoms. The number of anilines is 2. The van der Waals surface area contributed by atoms with Gasteiger partial charge in [0, 0.05) is 29.4 Å². The molecule has 31 heavy (non-hydrogen) atoms. The quantitative estimate of drug-likeness (QED) is 0.389. The Morgan fingerprint density at radius 1 is 0.903 bits per heavy atom. The first-order chi connectivity index (χ1) is 15.1. The Morgan fingerprint density at radius 2 is 1.58 bits per heavy atom. The second-order valence-electron chi connectivity index (χ2n) is 8.61. The summed E-state index contributed by atoms with van der Waals surface area (Å²) in [4.78, 5) is 27.2. The molecule has 0 spiro atoms. The van der Waals surface area contributed by atoms with E-state index in [0.29, 0.717) is 18.0 Å². The minimum Gasteiger partial charge on any atom is -0.326 e. The Hall–Kier alpha value is -2.62. The van der Waals surface area contributed by atoms with Crippen molar-refractivity contribution in [1.29, 1.82) is 0 Å². The Bertz CT molecular complexity index is 832. The number of carbonyl (C=O) groups excluding carboxylic acids is 2. The molecule has 4 nitrogen and oxygen atoms in total. The second-order valence-corrected chi connectivity index (χ2v) is 8.61. The van der Waals surface area contributed by atoms with Crippen LogP contribution in [0, 0.1) is 11.8 Å². The van der Waals surface area contributed by atoms with Crippen molar-refractivity contribution in [2.45, 2.75) is 65.2 Å². The molecule has 1 aliphatic rings. The predicted molar refractivity (Wildman–Crippen MR) is 128 cm³/mol. The average Bonchev–Trinajstić information content (AvgIpc) is 3.58. The molecule has 166 valence electrons. The highest BCUT2D eigenvalue weighted by atomic mass is 16.2. The first kappa shape index (κ1) is 23.1. The van der Waals surface area contributed by atoms with Gasteiger partial charge in [0.1, 0.15) is 0 Å². The summed E-state index contributed by atoms with van der Waals surface area (Å²) in [5.74, 6) is 0.795. The fourth-order valence-electron chi connectivity index (χ4n) is 4.21. The molecular weight excluding hydrogens is 384 g/mol. The molecule has 2 atom stereocenters. The average molecular weight is 421 g/mol. The summed E-state index contributed by atoms with van der Waals surface area (Å²) in [6.07, 6.45) is 9.99. The number of unbranched alkanes of at least 4 members (excludes halogenated alkanes) is 5. The van der Waals surface area contributed by atoms with E-state index < -0.39 is 0 Å². The van der Waals surface area contributed by atoms with Gasteiger partial charge in [-0.25, -0.2) is 0 Å². The van der Waals surface area contributed by atoms with E-state index in [4.69, 9.17) is 0 Å². The molecule has 1 N–H and O–H groups in total. The van der Waals surface area contributed by atoms with Gasteiger partial charge < -0.3 is 10.2 Å². The third-order valence-electron chi connectivity index (χ3n) is 6.22. The third kappa shape index (κ3) is 6.68. The van der Waals surface area contributed by atoms with Crippen molar-refractivity contribution in [2.75, 3.05) is 16.8 Å². The lowest BCUT2D eigenvalue weighted by atomic mass is 10.1. The number of rotatable bonds is 12. The zero-order valence-electron chi connectivity index (χ0n) is 19.0. The van der Waals surface area contributed by atoms with Crippen molar-refractivity contribution in [1.82, 2.24) is 0 Å². The Labute approximate surface area is 187 Å². The van der Waals surface area contributed by atoms with Gasteiger partial charge >= 0.3 is 0 Å². The van der Waals surface area contributed by atoms with E-state index in [1.807, 2.05) is 49.4 Å². The van der Waals surface area contributed by atoms with Crippen LogP contribution in [-0.2, 0) is 4.79 Å². The van der Waals surface area contributed by atoms with Gasteiger partial charge in [0.25, 0.3) is 5.91 Å². The van der Waals surface area contributed by atoms with Crippen molar-refractivity contribution >= 4 is 23.2 Å². The van der Waals surface area contributed by atoms with Crippen LogP contribution in [0.5, 0.6) is 0 Å². The van der Waals surface area contributed by atoms with Crippen molar-refractivity contribution in [2.24, 2.45) is 11.8 Å². The molecule has 2 aromatic carbocycles. The molecule has 0 radical (unpaired) electrons. The van der Waals surface area contributed by atoms with Gasteiger partial charge in [-0.15, -0.1) is 0 Å². The number of nitrogens with one attached hydrogen (secondary N) is 1. The molecule has 2 amide bonds. The van der Waals surface area contributed by atoms with Crippen LogP contribution in [0.3, 0.4) is 0 Å². The van der Waals surface area contributed by atoms with E-state index in [1.54, 1.807) is 17.0 Å². The lowest BCUT2D eigenvalue weighted by Gasteiger charge is -2.21. The molecule has 4 heteroatoms. The van der Waals surface area contributed by atoms with Gasteiger partial charge in [-0.1, -0.05) is 63.6 Å². The van der Waals surface area contributed by atoms with Crippen LogP contribution in [0.25, 0.3) is 0 Å². The van der Waals surface area contributed by atoms with E-state index in [9.17, 15) is 9.59 Å². The molecule has 0 aliphatic heterocycles. The lowest BCUT2D eigenvalue weighted by Crippen LogP contribution is -2.30. The maximum Gasteiger partial charge on any atom is 0.258 e. The number of benzene rings is 2. The Balaban J connectivity index is 1.45. The maximum atomic E-state index is 12.9. The zero-order valence-corrected chi connectivity index (χ0v) is 19.0. The van der Waals surface area contributed by atoms with Crippen LogP contribution in [0.15, 0.2) is 54.6 Å². The number of carbonyl (C=O) groups is 2. The molecule has 1 fully saturated rings. The number of nitrogens with zero attached hydrogens (tertiary/aromatic N) is 1. The van der Waals surface area contributed by atoms with Crippen molar-refractivity contribution in [3.05, 3.63) is 60.2 Å². The minimum absolute atomic E-state index is 0.0345. The Kier molecular flexibility index (Phi) is 8.69. The summed E-state index contributed by atoms with van der Waals surface area (Å²) in [5, 5.41) is 3.03. The molecule has 0 heterocycles. The summed E-state index contributed by atoms with van der Waals surface area (Å²) in [6.45, 7) is 4.81. The number of hydrogen-bond acceptors (Lipinski definition) is 2. The van der Waals surface area contributed by atoms with Gasteiger partial charge in [-0.2, -0.15) is 0 Å². The fourth-order valence-corrected chi connectivity index (χ4v) is 4.21. The van der Waals surface area contributed by atoms with E-state index in [2.05, 4.69) is 12.2 Å². The van der Waals surface area contributed by atoms with Crippen molar-refractivity contribution in [3.63, 3.8) is 0 Å². The van der Waals surface area contributed by atoms with Gasteiger partial charge in [0.05, 0.1) is 0 Å². The second kappa shape index (κ2) is 11.7. The van der Waals surface area contributed by atoms with Gasteiger partial charge in [0.15, 0.2) is 0 Å². The third-order valence-corrected chi connectivity index (χ3v) is 6.22. The highest BCUT2D eigenvalue weighted by molar-refractivity contribution is 6.06. The molecule has 1 aliphatic carbocycles. The minimum atomic E-state index is -0.0345. The molecule has 3 rings (SSSR count). The highest BCUT2D eigenvalue weighted by Crippen LogP contribution is 2.43. The molecule has 2 unspecified atom stereocenters. The van der Waals surface area contributed by atoms with Crippen LogP contribution in [0.1, 0.15) is 75.6 Å². The number of hydrogen-bond donors (Lipinski definition) is 1. The van der Waals surface area contributed by atoms with E-state index in [1.165, 1.54) is 44.9 Å². The van der Waals surface area contributed by atoms with E-state index >= 15 is 0 Å². The lowest BCUT2D eigenvalue weighted by molar-refractivity contribution is -0.117. The highest BCUT2D eigenvalue weighted by Gasteiger charge is 2.42. The molecule has 2 aromatic rings. The van der Waals surface area contributed by atoms with E-state index in [-0.39, 0.29) is 17.7 Å². The SMILES string of the molecule is CCCCCCCCC1CC1C(=O)Nc1ccc(C(=O)N(CC)c2ccccc2)cc1. The first-order valence-corrected chi connectivity index (χ1v) is 11.9. The van der Waals surface area contributed by atoms with Gasteiger partial charge in [-0.05, 0) is 62.1 Å². The first-order valence-electron chi connectivity index (χ1n) is 11.9. The molecular formula is C27H36N2O2. The molecule has 0 saturated heterocycles. The molecule has 0 aromatic heterocycles. The number of para-hydroxylation sites is 1. The number of amides is 2. The van der Waals surface area contributed by atoms with Crippen molar-refractivity contribution < 1.29 is 9.59 Å². The fraction of sp³-hybridized carbons (Fsp3) is 0.481. The van der Waals surface area contributed by atoms with Crippen LogP contribution < -0.4 is 10.2 Å². The summed E-state index contributed by atoms with van der Waals surface area (Å²) in [5.41, 5.74) is 2.27. The summed E-state index contributed by atoms with van der Waals surface area (Å²) in [7, 11) is 0. The predicted octanol–water partition coefficient (Wildman–Crippen LogP) is 6.68. The largest absolute Gasteiger partial charge is 0.326 e. The monoisotopic (exact) mass is 420 g/mol. The topological polar surface area (TPSA) is 49.4 Å². The van der Waals surface area contributed by atoms with Crippen LogP contribution in [0.2, 0.25) is 0 Å². The smallest absolute Gasteiger partial charge is 0.258 e. The summed E-state index contributed by atoms with van der Waals surface area (Å²) >= 11 is 0. The molecule has 1 saturated carbocycles. The van der Waals surface area contributed by atoms with Gasteiger partial charge in [-0.3, -0.25) is 9.59 Å². The van der Waals surface area contributed by atoms with Crippen LogP contribution >= 0.6 is 0 Å². The zero-order chi connectivity index (χ0) is 22.1. The van der Waals surface area contributed by atoms with Crippen molar-refractivity contribution in [3.8, 4) is 0 Å². The summed E-state index contributed by atoms with van der Waals surface area (Å²) in [6, 6.07) is 16.9. The maximum absolute atomic E-state index is 12.9.